The van der Waals surface area contributed by atoms with Gasteiger partial charge in [0.2, 0.25) is 0 Å². The molecule has 0 aliphatic heterocycles. The molecule has 1 aromatic carbocycles. The lowest BCUT2D eigenvalue weighted by molar-refractivity contribution is 0.217. The van der Waals surface area contributed by atoms with Gasteiger partial charge in [0.15, 0.2) is 0 Å². The summed E-state index contributed by atoms with van der Waals surface area (Å²) >= 11 is 0. The second-order valence-electron chi connectivity index (χ2n) is 4.71. The van der Waals surface area contributed by atoms with Crippen molar-refractivity contribution >= 4 is 0 Å². The molecular formula is C15H25NO. The normalized spacial score (nSPS) is 14.4. The van der Waals surface area contributed by atoms with Crippen LogP contribution in [0.5, 0.6) is 5.75 Å². The van der Waals surface area contributed by atoms with Crippen molar-refractivity contribution in [1.29, 1.82) is 0 Å². The maximum Gasteiger partial charge on any atom is 0.119 e. The van der Waals surface area contributed by atoms with E-state index in [9.17, 15) is 0 Å². The molecule has 0 heterocycles. The molecule has 1 rings (SSSR count). The van der Waals surface area contributed by atoms with Crippen LogP contribution in [0.2, 0.25) is 0 Å². The average molecular weight is 235 g/mol. The molecule has 0 spiro atoms. The molecule has 2 unspecified atom stereocenters. The smallest absolute Gasteiger partial charge is 0.119 e. The molecule has 0 aromatic heterocycles. The molecule has 0 aliphatic rings. The van der Waals surface area contributed by atoms with E-state index in [2.05, 4.69) is 50.4 Å². The van der Waals surface area contributed by atoms with Gasteiger partial charge >= 0.3 is 0 Å². The van der Waals surface area contributed by atoms with Crippen molar-refractivity contribution in [2.75, 3.05) is 7.05 Å². The van der Waals surface area contributed by atoms with Gasteiger partial charge < -0.3 is 10.1 Å². The van der Waals surface area contributed by atoms with E-state index in [1.165, 1.54) is 12.0 Å². The van der Waals surface area contributed by atoms with E-state index < -0.39 is 0 Å². The molecule has 1 aromatic rings. The Morgan fingerprint density at radius 1 is 1.18 bits per heavy atom. The Bertz CT molecular complexity index is 307. The number of hydrogen-bond acceptors (Lipinski definition) is 2. The van der Waals surface area contributed by atoms with Gasteiger partial charge in [0.1, 0.15) is 5.75 Å². The lowest BCUT2D eigenvalue weighted by atomic mass is 10.1. The Morgan fingerprint density at radius 3 is 2.35 bits per heavy atom. The van der Waals surface area contributed by atoms with Crippen LogP contribution in [0.15, 0.2) is 24.3 Å². The van der Waals surface area contributed by atoms with Gasteiger partial charge in [-0.1, -0.05) is 19.1 Å². The van der Waals surface area contributed by atoms with Crippen molar-refractivity contribution in [3.8, 4) is 5.75 Å². The summed E-state index contributed by atoms with van der Waals surface area (Å²) in [6.45, 7) is 6.45. The minimum absolute atomic E-state index is 0.296. The van der Waals surface area contributed by atoms with Crippen LogP contribution in [0.25, 0.3) is 0 Å². The standard InChI is InChI=1S/C15H25NO/c1-5-13(3)17-15-10-8-14(9-11-15)7-6-12(2)16-4/h8-13,16H,5-7H2,1-4H3. The molecule has 0 amide bonds. The second kappa shape index (κ2) is 7.33. The first kappa shape index (κ1) is 14.0. The third kappa shape index (κ3) is 5.22. The van der Waals surface area contributed by atoms with Gasteiger partial charge in [-0.25, -0.2) is 0 Å². The fraction of sp³-hybridized carbons (Fsp3) is 0.600. The van der Waals surface area contributed by atoms with Crippen LogP contribution in [0.3, 0.4) is 0 Å². The summed E-state index contributed by atoms with van der Waals surface area (Å²) in [6, 6.07) is 9.06. The lowest BCUT2D eigenvalue weighted by Gasteiger charge is -2.13. The summed E-state index contributed by atoms with van der Waals surface area (Å²) in [5, 5.41) is 3.26. The first-order chi connectivity index (χ1) is 8.15. The van der Waals surface area contributed by atoms with Crippen LogP contribution in [-0.2, 0) is 6.42 Å². The topological polar surface area (TPSA) is 21.3 Å². The fourth-order valence-corrected chi connectivity index (χ4v) is 1.58. The lowest BCUT2D eigenvalue weighted by Crippen LogP contribution is -2.21. The summed E-state index contributed by atoms with van der Waals surface area (Å²) < 4.78 is 5.75. The fourth-order valence-electron chi connectivity index (χ4n) is 1.58. The van der Waals surface area contributed by atoms with Crippen LogP contribution in [0.1, 0.15) is 39.2 Å². The third-order valence-electron chi connectivity index (χ3n) is 3.19. The third-order valence-corrected chi connectivity index (χ3v) is 3.19. The summed E-state index contributed by atoms with van der Waals surface area (Å²) in [4.78, 5) is 0. The van der Waals surface area contributed by atoms with Crippen LogP contribution in [-0.4, -0.2) is 19.2 Å². The highest BCUT2D eigenvalue weighted by Crippen LogP contribution is 2.16. The molecule has 17 heavy (non-hydrogen) atoms. The Morgan fingerprint density at radius 2 is 1.82 bits per heavy atom. The molecular weight excluding hydrogens is 210 g/mol. The van der Waals surface area contributed by atoms with E-state index in [1.54, 1.807) is 0 Å². The summed E-state index contributed by atoms with van der Waals surface area (Å²) in [7, 11) is 2.01. The quantitative estimate of drug-likeness (QED) is 0.782. The maximum atomic E-state index is 5.75. The van der Waals surface area contributed by atoms with E-state index in [0.29, 0.717) is 12.1 Å². The van der Waals surface area contributed by atoms with Gasteiger partial charge in [-0.3, -0.25) is 0 Å². The zero-order valence-corrected chi connectivity index (χ0v) is 11.5. The van der Waals surface area contributed by atoms with Gasteiger partial charge in [-0.05, 0) is 57.9 Å². The highest BCUT2D eigenvalue weighted by molar-refractivity contribution is 5.27. The van der Waals surface area contributed by atoms with Crippen LogP contribution in [0.4, 0.5) is 0 Å². The zero-order valence-electron chi connectivity index (χ0n) is 11.5. The van der Waals surface area contributed by atoms with Crippen molar-refractivity contribution in [2.45, 2.75) is 52.2 Å². The molecule has 0 fully saturated rings. The molecule has 2 heteroatoms. The minimum atomic E-state index is 0.296. The Labute approximate surface area is 105 Å². The molecule has 0 saturated heterocycles. The first-order valence-corrected chi connectivity index (χ1v) is 6.58. The number of benzene rings is 1. The maximum absolute atomic E-state index is 5.75. The van der Waals surface area contributed by atoms with Gasteiger partial charge in [-0.2, -0.15) is 0 Å². The van der Waals surface area contributed by atoms with Crippen molar-refractivity contribution in [3.05, 3.63) is 29.8 Å². The van der Waals surface area contributed by atoms with Gasteiger partial charge in [0.25, 0.3) is 0 Å². The predicted molar refractivity (Wildman–Crippen MR) is 73.7 cm³/mol. The van der Waals surface area contributed by atoms with E-state index in [-0.39, 0.29) is 0 Å². The average Bonchev–Trinajstić information content (AvgIpc) is 2.37. The van der Waals surface area contributed by atoms with Gasteiger partial charge in [0, 0.05) is 6.04 Å². The molecule has 96 valence electrons. The van der Waals surface area contributed by atoms with E-state index in [0.717, 1.165) is 18.6 Å². The number of nitrogens with one attached hydrogen (secondary N) is 1. The molecule has 0 bridgehead atoms. The number of hydrogen-bond donors (Lipinski definition) is 1. The SMILES string of the molecule is CCC(C)Oc1ccc(CCC(C)NC)cc1. The van der Waals surface area contributed by atoms with Crippen LogP contribution >= 0.6 is 0 Å². The number of rotatable bonds is 7. The highest BCUT2D eigenvalue weighted by Gasteiger charge is 2.02. The predicted octanol–water partition coefficient (Wildman–Crippen LogP) is 3.40. The molecule has 0 radical (unpaired) electrons. The summed E-state index contributed by atoms with van der Waals surface area (Å²) in [5.41, 5.74) is 1.38. The minimum Gasteiger partial charge on any atom is -0.491 e. The summed E-state index contributed by atoms with van der Waals surface area (Å²) in [5.74, 6) is 0.977. The molecule has 2 atom stereocenters. The second-order valence-corrected chi connectivity index (χ2v) is 4.71. The van der Waals surface area contributed by atoms with E-state index in [1.807, 2.05) is 7.05 Å². The molecule has 2 nitrogen and oxygen atoms in total. The molecule has 0 saturated carbocycles. The monoisotopic (exact) mass is 235 g/mol. The van der Waals surface area contributed by atoms with E-state index >= 15 is 0 Å². The van der Waals surface area contributed by atoms with Crippen molar-refractivity contribution in [2.24, 2.45) is 0 Å². The Hall–Kier alpha value is -1.02. The molecule has 0 aliphatic carbocycles. The largest absolute Gasteiger partial charge is 0.491 e. The number of aryl methyl sites for hydroxylation is 1. The Kier molecular flexibility index (Phi) is 6.06. The summed E-state index contributed by atoms with van der Waals surface area (Å²) in [6.07, 6.45) is 3.62. The van der Waals surface area contributed by atoms with Crippen molar-refractivity contribution < 1.29 is 4.74 Å². The van der Waals surface area contributed by atoms with Crippen molar-refractivity contribution in [1.82, 2.24) is 5.32 Å². The zero-order chi connectivity index (χ0) is 12.7. The van der Waals surface area contributed by atoms with Gasteiger partial charge in [-0.15, -0.1) is 0 Å². The molecule has 1 N–H and O–H groups in total. The first-order valence-electron chi connectivity index (χ1n) is 6.58. The van der Waals surface area contributed by atoms with Crippen LogP contribution in [0, 0.1) is 0 Å². The van der Waals surface area contributed by atoms with Crippen molar-refractivity contribution in [3.63, 3.8) is 0 Å². The van der Waals surface area contributed by atoms with E-state index in [4.69, 9.17) is 4.74 Å². The Balaban J connectivity index is 2.44. The van der Waals surface area contributed by atoms with Crippen LogP contribution < -0.4 is 10.1 Å². The number of ether oxygens (including phenoxy) is 1. The highest BCUT2D eigenvalue weighted by atomic mass is 16.5. The van der Waals surface area contributed by atoms with Gasteiger partial charge in [0.05, 0.1) is 6.10 Å².